The van der Waals surface area contributed by atoms with Gasteiger partial charge in [-0.3, -0.25) is 19.7 Å². The van der Waals surface area contributed by atoms with Crippen LogP contribution in [0.15, 0.2) is 30.7 Å². The molecule has 4 N–H and O–H groups in total. The molecule has 3 aromatic rings. The zero-order chi connectivity index (χ0) is 20.5. The van der Waals surface area contributed by atoms with Crippen molar-refractivity contribution >= 4 is 34.2 Å². The lowest BCUT2D eigenvalue weighted by Crippen LogP contribution is -2.46. The van der Waals surface area contributed by atoms with E-state index in [0.29, 0.717) is 34.9 Å². The van der Waals surface area contributed by atoms with Crippen LogP contribution in [0.3, 0.4) is 0 Å². The Morgan fingerprint density at radius 3 is 2.79 bits per heavy atom. The molecule has 3 aromatic heterocycles. The van der Waals surface area contributed by atoms with Crippen molar-refractivity contribution in [2.75, 3.05) is 17.6 Å². The molecule has 1 saturated heterocycles. The molecule has 9 heteroatoms. The van der Waals surface area contributed by atoms with E-state index in [9.17, 15) is 9.59 Å². The molecule has 1 aliphatic rings. The number of fused-ring (bicyclic) bond motifs is 1. The van der Waals surface area contributed by atoms with Gasteiger partial charge in [-0.25, -0.2) is 4.98 Å². The van der Waals surface area contributed by atoms with E-state index < -0.39 is 11.8 Å². The Kier molecular flexibility index (Phi) is 4.87. The van der Waals surface area contributed by atoms with Gasteiger partial charge in [-0.15, -0.1) is 0 Å². The highest BCUT2D eigenvalue weighted by Gasteiger charge is 2.34. The topological polar surface area (TPSA) is 130 Å². The molecule has 0 unspecified atom stereocenters. The van der Waals surface area contributed by atoms with Crippen LogP contribution in [0, 0.1) is 12.8 Å². The number of anilines is 2. The molecule has 1 fully saturated rings. The number of aryl methyl sites for hydroxylation is 1. The molecule has 9 nitrogen and oxygen atoms in total. The monoisotopic (exact) mass is 393 g/mol. The Balaban J connectivity index is 1.58. The fourth-order valence-corrected chi connectivity index (χ4v) is 3.75. The first-order chi connectivity index (χ1) is 13.9. The Morgan fingerprint density at radius 1 is 1.21 bits per heavy atom. The van der Waals surface area contributed by atoms with Gasteiger partial charge in [-0.2, -0.15) is 5.10 Å². The lowest BCUT2D eigenvalue weighted by molar-refractivity contribution is -0.146. The maximum absolute atomic E-state index is 13.1. The number of rotatable bonds is 2. The highest BCUT2D eigenvalue weighted by molar-refractivity contribution is 6.40. The second kappa shape index (κ2) is 7.50. The van der Waals surface area contributed by atoms with Crippen molar-refractivity contribution in [3.8, 4) is 0 Å². The van der Waals surface area contributed by atoms with E-state index in [-0.39, 0.29) is 6.04 Å². The summed E-state index contributed by atoms with van der Waals surface area (Å²) in [4.78, 5) is 35.9. The molecule has 1 aliphatic heterocycles. The number of aromatic amines is 1. The number of nitrogens with zero attached hydrogens (tertiary/aromatic N) is 4. The van der Waals surface area contributed by atoms with Gasteiger partial charge in [0.1, 0.15) is 5.82 Å². The summed E-state index contributed by atoms with van der Waals surface area (Å²) in [6.45, 7) is 4.52. The van der Waals surface area contributed by atoms with Crippen LogP contribution in [-0.4, -0.2) is 43.4 Å². The predicted molar refractivity (Wildman–Crippen MR) is 109 cm³/mol. The van der Waals surface area contributed by atoms with Gasteiger partial charge < -0.3 is 16.0 Å². The standard InChI is InChI=1S/C20H23N7O2/c1-11-3-6-16(13-5-4-12(2)22-7-13)27(10-11)20(29)19(28)25-15-9-23-18(21)14-8-24-26-17(14)15/h4-5,7-9,11,16H,3,6,10H2,1-2H3,(H2,21,23)(H,24,26)(H,25,28)/t11-,16-/m1/s1. The first kappa shape index (κ1) is 18.9. The molecule has 0 bridgehead atoms. The molecule has 0 saturated carbocycles. The Bertz CT molecular complexity index is 1060. The summed E-state index contributed by atoms with van der Waals surface area (Å²) < 4.78 is 0. The molecule has 0 aromatic carbocycles. The van der Waals surface area contributed by atoms with Gasteiger partial charge in [0.2, 0.25) is 0 Å². The summed E-state index contributed by atoms with van der Waals surface area (Å²) in [5.41, 5.74) is 8.57. The molecule has 0 radical (unpaired) electrons. The average Bonchev–Trinajstić information content (AvgIpc) is 3.21. The lowest BCUT2D eigenvalue weighted by atomic mass is 9.90. The molecule has 4 rings (SSSR count). The number of nitrogen functional groups attached to an aromatic ring is 1. The quantitative estimate of drug-likeness (QED) is 0.572. The van der Waals surface area contributed by atoms with Gasteiger partial charge >= 0.3 is 11.8 Å². The molecule has 150 valence electrons. The van der Waals surface area contributed by atoms with Gasteiger partial charge in [0.25, 0.3) is 0 Å². The van der Waals surface area contributed by atoms with Gasteiger partial charge in [-0.05, 0) is 37.3 Å². The number of H-pyrrole nitrogens is 1. The number of nitrogens with two attached hydrogens (primary N) is 1. The maximum atomic E-state index is 13.1. The third-order valence-electron chi connectivity index (χ3n) is 5.36. The Labute approximate surface area is 167 Å². The number of amides is 2. The third kappa shape index (κ3) is 3.63. The Hall–Kier alpha value is -3.49. The SMILES string of the molecule is Cc1ccc([C@H]2CC[C@@H](C)CN2C(=O)C(=O)Nc2cnc(N)c3cn[nH]c23)cn1. The van der Waals surface area contributed by atoms with Crippen LogP contribution in [0.2, 0.25) is 0 Å². The number of carbonyl (C=O) groups is 2. The van der Waals surface area contributed by atoms with Crippen LogP contribution in [0.4, 0.5) is 11.5 Å². The summed E-state index contributed by atoms with van der Waals surface area (Å²) in [6, 6.07) is 3.72. The van der Waals surface area contributed by atoms with Crippen molar-refractivity contribution in [3.05, 3.63) is 42.0 Å². The van der Waals surface area contributed by atoms with Gasteiger partial charge in [-0.1, -0.05) is 13.0 Å². The molecular weight excluding hydrogens is 370 g/mol. The van der Waals surface area contributed by atoms with Gasteiger partial charge in [0.05, 0.1) is 35.0 Å². The average molecular weight is 393 g/mol. The Morgan fingerprint density at radius 2 is 2.03 bits per heavy atom. The summed E-state index contributed by atoms with van der Waals surface area (Å²) in [7, 11) is 0. The molecule has 0 spiro atoms. The summed E-state index contributed by atoms with van der Waals surface area (Å²) in [5.74, 6) is -0.674. The van der Waals surface area contributed by atoms with E-state index >= 15 is 0 Å². The zero-order valence-corrected chi connectivity index (χ0v) is 16.3. The first-order valence-electron chi connectivity index (χ1n) is 9.56. The van der Waals surface area contributed by atoms with Crippen molar-refractivity contribution in [2.45, 2.75) is 32.7 Å². The minimum Gasteiger partial charge on any atom is -0.383 e. The molecular formula is C20H23N7O2. The van der Waals surface area contributed by atoms with E-state index in [1.807, 2.05) is 19.1 Å². The van der Waals surface area contributed by atoms with Crippen LogP contribution in [-0.2, 0) is 9.59 Å². The van der Waals surface area contributed by atoms with Crippen LogP contribution in [0.1, 0.15) is 37.1 Å². The smallest absolute Gasteiger partial charge is 0.314 e. The minimum atomic E-state index is -0.716. The van der Waals surface area contributed by atoms with Crippen LogP contribution in [0.5, 0.6) is 0 Å². The van der Waals surface area contributed by atoms with Crippen molar-refractivity contribution in [2.24, 2.45) is 5.92 Å². The van der Waals surface area contributed by atoms with Gasteiger partial charge in [0, 0.05) is 18.4 Å². The lowest BCUT2D eigenvalue weighted by Gasteiger charge is -2.38. The van der Waals surface area contributed by atoms with E-state index in [1.165, 1.54) is 12.4 Å². The number of aromatic nitrogens is 4. The second-order valence-electron chi connectivity index (χ2n) is 7.56. The number of hydrogen-bond acceptors (Lipinski definition) is 6. The van der Waals surface area contributed by atoms with Crippen molar-refractivity contribution in [1.29, 1.82) is 0 Å². The maximum Gasteiger partial charge on any atom is 0.314 e. The number of piperidine rings is 1. The summed E-state index contributed by atoms with van der Waals surface area (Å²) in [5, 5.41) is 9.96. The number of likely N-dealkylation sites (tertiary alicyclic amines) is 1. The van der Waals surface area contributed by atoms with E-state index in [4.69, 9.17) is 5.73 Å². The first-order valence-corrected chi connectivity index (χ1v) is 9.56. The minimum absolute atomic E-state index is 0.172. The van der Waals surface area contributed by atoms with Crippen molar-refractivity contribution in [1.82, 2.24) is 25.1 Å². The fourth-order valence-electron chi connectivity index (χ4n) is 3.75. The predicted octanol–water partition coefficient (Wildman–Crippen LogP) is 2.18. The highest BCUT2D eigenvalue weighted by Crippen LogP contribution is 2.33. The van der Waals surface area contributed by atoms with Crippen LogP contribution >= 0.6 is 0 Å². The largest absolute Gasteiger partial charge is 0.383 e. The number of hydrogen-bond donors (Lipinski definition) is 3. The molecule has 2 amide bonds. The highest BCUT2D eigenvalue weighted by atomic mass is 16.2. The van der Waals surface area contributed by atoms with Crippen molar-refractivity contribution in [3.63, 3.8) is 0 Å². The van der Waals surface area contributed by atoms with Gasteiger partial charge in [0.15, 0.2) is 0 Å². The van der Waals surface area contributed by atoms with Crippen LogP contribution < -0.4 is 11.1 Å². The van der Waals surface area contributed by atoms with E-state index in [2.05, 4.69) is 32.4 Å². The second-order valence-corrected chi connectivity index (χ2v) is 7.56. The van der Waals surface area contributed by atoms with E-state index in [0.717, 1.165) is 24.1 Å². The number of nitrogens with one attached hydrogen (secondary N) is 2. The van der Waals surface area contributed by atoms with Crippen molar-refractivity contribution < 1.29 is 9.59 Å². The van der Waals surface area contributed by atoms with Crippen LogP contribution in [0.25, 0.3) is 10.9 Å². The zero-order valence-electron chi connectivity index (χ0n) is 16.3. The molecule has 0 aliphatic carbocycles. The number of carbonyl (C=O) groups excluding carboxylic acids is 2. The molecule has 4 heterocycles. The molecule has 2 atom stereocenters. The summed E-state index contributed by atoms with van der Waals surface area (Å²) in [6.07, 6.45) is 6.51. The fraction of sp³-hybridized carbons (Fsp3) is 0.350. The number of pyridine rings is 2. The third-order valence-corrected chi connectivity index (χ3v) is 5.36. The molecule has 29 heavy (non-hydrogen) atoms. The van der Waals surface area contributed by atoms with E-state index in [1.54, 1.807) is 11.1 Å². The normalized spacial score (nSPS) is 19.3. The summed E-state index contributed by atoms with van der Waals surface area (Å²) >= 11 is 0.